The van der Waals surface area contributed by atoms with Crippen molar-refractivity contribution in [1.82, 2.24) is 18.6 Å². The second-order valence-corrected chi connectivity index (χ2v) is 10.3. The minimum atomic E-state index is -3.54. The zero-order valence-corrected chi connectivity index (χ0v) is 18.5. The van der Waals surface area contributed by atoms with Crippen LogP contribution >= 0.6 is 0 Å². The molecule has 0 amide bonds. The highest BCUT2D eigenvalue weighted by Gasteiger charge is 2.39. The van der Waals surface area contributed by atoms with Crippen LogP contribution in [0.3, 0.4) is 0 Å². The summed E-state index contributed by atoms with van der Waals surface area (Å²) in [6.07, 6.45) is 3.41. The molecule has 0 N–H and O–H groups in total. The Kier molecular flexibility index (Phi) is 5.78. The fraction of sp³-hybridized carbons (Fsp3) is 0.524. The molecular formula is C21H28FN5O2S. The molecule has 1 aromatic heterocycles. The van der Waals surface area contributed by atoms with E-state index in [0.29, 0.717) is 25.3 Å². The molecule has 4 rings (SSSR count). The number of aryl methyl sites for hydroxylation is 1. The lowest BCUT2D eigenvalue weighted by atomic mass is 10.0. The highest BCUT2D eigenvalue weighted by molar-refractivity contribution is 7.86. The van der Waals surface area contributed by atoms with Crippen molar-refractivity contribution in [1.29, 1.82) is 0 Å². The minimum Gasteiger partial charge on any atom is -0.352 e. The van der Waals surface area contributed by atoms with E-state index in [9.17, 15) is 12.8 Å². The van der Waals surface area contributed by atoms with E-state index in [2.05, 4.69) is 4.90 Å². The van der Waals surface area contributed by atoms with Crippen LogP contribution in [0.4, 0.5) is 10.2 Å². The molecule has 0 spiro atoms. The van der Waals surface area contributed by atoms with E-state index in [0.717, 1.165) is 48.4 Å². The highest BCUT2D eigenvalue weighted by atomic mass is 32.2. The molecule has 30 heavy (non-hydrogen) atoms. The quantitative estimate of drug-likeness (QED) is 0.725. The number of anilines is 1. The number of fused-ring (bicyclic) bond motifs is 1. The van der Waals surface area contributed by atoms with Gasteiger partial charge in [0.15, 0.2) is 0 Å². The summed E-state index contributed by atoms with van der Waals surface area (Å²) in [6, 6.07) is 6.18. The third-order valence-electron chi connectivity index (χ3n) is 5.91. The topological polar surface area (TPSA) is 69.6 Å². The first kappa shape index (κ1) is 21.1. The average Bonchev–Trinajstić information content (AvgIpc) is 3.21. The zero-order valence-electron chi connectivity index (χ0n) is 17.7. The van der Waals surface area contributed by atoms with Crippen LogP contribution in [-0.2, 0) is 23.2 Å². The summed E-state index contributed by atoms with van der Waals surface area (Å²) in [5, 5.41) is 0. The Morgan fingerprint density at radius 1 is 1.13 bits per heavy atom. The number of hydrogen-bond acceptors (Lipinski definition) is 5. The van der Waals surface area contributed by atoms with E-state index >= 15 is 0 Å². The Bertz CT molecular complexity index is 1030. The Balaban J connectivity index is 1.69. The van der Waals surface area contributed by atoms with E-state index < -0.39 is 10.2 Å². The van der Waals surface area contributed by atoms with Gasteiger partial charge in [0.05, 0.1) is 6.04 Å². The van der Waals surface area contributed by atoms with Gasteiger partial charge in [-0.2, -0.15) is 17.0 Å². The molecular weight excluding hydrogens is 405 g/mol. The fourth-order valence-electron chi connectivity index (χ4n) is 4.31. The maximum Gasteiger partial charge on any atom is 0.282 e. The van der Waals surface area contributed by atoms with Crippen molar-refractivity contribution in [2.45, 2.75) is 45.2 Å². The van der Waals surface area contributed by atoms with E-state index in [-0.39, 0.29) is 11.9 Å². The Hall–Kier alpha value is -2.10. The summed E-state index contributed by atoms with van der Waals surface area (Å²) in [6.45, 7) is 3.94. The Labute approximate surface area is 177 Å². The number of halogens is 1. The Morgan fingerprint density at radius 2 is 1.87 bits per heavy atom. The van der Waals surface area contributed by atoms with Crippen LogP contribution in [-0.4, -0.2) is 54.2 Å². The summed E-state index contributed by atoms with van der Waals surface area (Å²) in [5.41, 5.74) is 3.04. The van der Waals surface area contributed by atoms with Crippen LogP contribution < -0.4 is 4.90 Å². The largest absolute Gasteiger partial charge is 0.352 e. The zero-order chi connectivity index (χ0) is 21.5. The first-order valence-corrected chi connectivity index (χ1v) is 11.7. The number of aromatic nitrogens is 2. The predicted molar refractivity (Wildman–Crippen MR) is 114 cm³/mol. The monoisotopic (exact) mass is 433 g/mol. The third-order valence-corrected chi connectivity index (χ3v) is 7.86. The van der Waals surface area contributed by atoms with Crippen molar-refractivity contribution in [2.24, 2.45) is 0 Å². The summed E-state index contributed by atoms with van der Waals surface area (Å²) >= 11 is 0. The van der Waals surface area contributed by atoms with Gasteiger partial charge in [-0.25, -0.2) is 14.4 Å². The van der Waals surface area contributed by atoms with Gasteiger partial charge in [0, 0.05) is 45.0 Å². The average molecular weight is 434 g/mol. The van der Waals surface area contributed by atoms with Crippen LogP contribution in [0.15, 0.2) is 24.3 Å². The number of benzene rings is 1. The van der Waals surface area contributed by atoms with E-state index in [1.54, 1.807) is 26.2 Å². The molecule has 162 valence electrons. The third kappa shape index (κ3) is 3.93. The second kappa shape index (κ2) is 8.20. The number of hydrogen-bond donors (Lipinski definition) is 0. The molecule has 2 aliphatic rings. The molecule has 2 aliphatic heterocycles. The van der Waals surface area contributed by atoms with Gasteiger partial charge in [-0.05, 0) is 50.3 Å². The molecule has 1 saturated heterocycles. The SMILES string of the molecule is Cc1nc(C2CCCN2S(=O)(=O)N(C)C)nc2c1CCCN2Cc1ccc(F)cc1. The van der Waals surface area contributed by atoms with Gasteiger partial charge in [-0.1, -0.05) is 12.1 Å². The van der Waals surface area contributed by atoms with Gasteiger partial charge in [-0.15, -0.1) is 0 Å². The van der Waals surface area contributed by atoms with Crippen molar-refractivity contribution in [2.75, 3.05) is 32.1 Å². The molecule has 1 aromatic carbocycles. The van der Waals surface area contributed by atoms with Gasteiger partial charge in [0.2, 0.25) is 0 Å². The standard InChI is InChI=1S/C21H28FN5O2S/c1-15-18-6-4-12-26(14-16-8-10-17(22)11-9-16)21(18)24-20(23-15)19-7-5-13-27(19)30(28,29)25(2)3/h8-11,19H,4-7,12-14H2,1-3H3. The summed E-state index contributed by atoms with van der Waals surface area (Å²) in [5.74, 6) is 1.20. The van der Waals surface area contributed by atoms with Gasteiger partial charge in [0.25, 0.3) is 10.2 Å². The summed E-state index contributed by atoms with van der Waals surface area (Å²) in [4.78, 5) is 11.8. The summed E-state index contributed by atoms with van der Waals surface area (Å²) in [7, 11) is -0.437. The highest BCUT2D eigenvalue weighted by Crippen LogP contribution is 2.36. The molecule has 9 heteroatoms. The lowest BCUT2D eigenvalue weighted by Gasteiger charge is -2.32. The van der Waals surface area contributed by atoms with Crippen LogP contribution in [0, 0.1) is 12.7 Å². The van der Waals surface area contributed by atoms with Crippen LogP contribution in [0.25, 0.3) is 0 Å². The van der Waals surface area contributed by atoms with Crippen molar-refractivity contribution in [3.8, 4) is 0 Å². The first-order chi connectivity index (χ1) is 14.3. The van der Waals surface area contributed by atoms with Gasteiger partial charge < -0.3 is 4.90 Å². The maximum absolute atomic E-state index is 13.3. The van der Waals surface area contributed by atoms with Crippen molar-refractivity contribution in [3.63, 3.8) is 0 Å². The van der Waals surface area contributed by atoms with E-state index in [4.69, 9.17) is 9.97 Å². The lowest BCUT2D eigenvalue weighted by molar-refractivity contribution is 0.352. The lowest BCUT2D eigenvalue weighted by Crippen LogP contribution is -2.40. The number of nitrogens with zero attached hydrogens (tertiary/aromatic N) is 5. The van der Waals surface area contributed by atoms with Gasteiger partial charge >= 0.3 is 0 Å². The fourth-order valence-corrected chi connectivity index (χ4v) is 5.61. The number of rotatable bonds is 5. The molecule has 3 heterocycles. The molecule has 7 nitrogen and oxygen atoms in total. The van der Waals surface area contributed by atoms with Crippen LogP contribution in [0.2, 0.25) is 0 Å². The van der Waals surface area contributed by atoms with E-state index in [1.807, 2.05) is 6.92 Å². The van der Waals surface area contributed by atoms with Crippen molar-refractivity contribution >= 4 is 16.0 Å². The molecule has 1 fully saturated rings. The molecule has 0 radical (unpaired) electrons. The molecule has 0 bridgehead atoms. The van der Waals surface area contributed by atoms with Crippen molar-refractivity contribution in [3.05, 3.63) is 52.7 Å². The normalized spacial score (nSPS) is 20.0. The molecule has 2 aromatic rings. The smallest absolute Gasteiger partial charge is 0.282 e. The Morgan fingerprint density at radius 3 is 2.57 bits per heavy atom. The van der Waals surface area contributed by atoms with Crippen LogP contribution in [0.1, 0.15) is 47.9 Å². The molecule has 1 unspecified atom stereocenters. The molecule has 1 atom stereocenters. The van der Waals surface area contributed by atoms with Gasteiger partial charge in [0.1, 0.15) is 17.5 Å². The predicted octanol–water partition coefficient (Wildman–Crippen LogP) is 2.82. The van der Waals surface area contributed by atoms with Crippen molar-refractivity contribution < 1.29 is 12.8 Å². The minimum absolute atomic E-state index is 0.248. The molecule has 0 aliphatic carbocycles. The van der Waals surface area contributed by atoms with E-state index in [1.165, 1.54) is 20.7 Å². The maximum atomic E-state index is 13.3. The first-order valence-electron chi connectivity index (χ1n) is 10.3. The summed E-state index contributed by atoms with van der Waals surface area (Å²) < 4.78 is 41.6. The van der Waals surface area contributed by atoms with Gasteiger partial charge in [-0.3, -0.25) is 0 Å². The molecule has 0 saturated carbocycles. The van der Waals surface area contributed by atoms with Crippen LogP contribution in [0.5, 0.6) is 0 Å². The second-order valence-electron chi connectivity index (χ2n) is 8.18.